The summed E-state index contributed by atoms with van der Waals surface area (Å²) < 4.78 is 15.3. The van der Waals surface area contributed by atoms with Crippen LogP contribution in [0.3, 0.4) is 0 Å². The van der Waals surface area contributed by atoms with Crippen molar-refractivity contribution in [3.63, 3.8) is 0 Å². The van der Waals surface area contributed by atoms with Crippen LogP contribution in [-0.2, 0) is 19.0 Å². The minimum atomic E-state index is -0.811. The normalized spacial score (nSPS) is 19.4. The first-order valence-electron chi connectivity index (χ1n) is 8.81. The van der Waals surface area contributed by atoms with Crippen LogP contribution in [0, 0.1) is 5.92 Å². The average molecular weight is 373 g/mol. The van der Waals surface area contributed by atoms with Gasteiger partial charge in [0.2, 0.25) is 0 Å². The van der Waals surface area contributed by atoms with Gasteiger partial charge in [-0.1, -0.05) is 13.8 Å². The molecule has 1 aliphatic heterocycles. The van der Waals surface area contributed by atoms with Gasteiger partial charge in [-0.05, 0) is 39.5 Å². The second-order valence-electron chi connectivity index (χ2n) is 7.62. The summed E-state index contributed by atoms with van der Waals surface area (Å²) in [6.45, 7) is 9.89. The van der Waals surface area contributed by atoms with Gasteiger partial charge in [0, 0.05) is 6.54 Å². The zero-order chi connectivity index (χ0) is 19.9. The van der Waals surface area contributed by atoms with E-state index in [1.165, 1.54) is 7.11 Å². The van der Waals surface area contributed by atoms with Gasteiger partial charge < -0.3 is 19.5 Å². The maximum absolute atomic E-state index is 12.5. The van der Waals surface area contributed by atoms with Crippen LogP contribution >= 0.6 is 0 Å². The van der Waals surface area contributed by atoms with E-state index in [4.69, 9.17) is 9.47 Å². The lowest BCUT2D eigenvalue weighted by molar-refractivity contribution is -0.156. The van der Waals surface area contributed by atoms with Crippen molar-refractivity contribution in [3.8, 4) is 0 Å². The predicted molar refractivity (Wildman–Crippen MR) is 94.2 cm³/mol. The second-order valence-corrected chi connectivity index (χ2v) is 7.62. The van der Waals surface area contributed by atoms with Crippen molar-refractivity contribution in [2.75, 3.05) is 20.2 Å². The van der Waals surface area contributed by atoms with Crippen molar-refractivity contribution in [1.82, 2.24) is 15.8 Å². The number of piperidine rings is 1. The highest BCUT2D eigenvalue weighted by Crippen LogP contribution is 2.15. The molecule has 0 bridgehead atoms. The van der Waals surface area contributed by atoms with Crippen LogP contribution in [0.15, 0.2) is 0 Å². The number of hydrazine groups is 1. The van der Waals surface area contributed by atoms with Gasteiger partial charge in [0.1, 0.15) is 17.7 Å². The molecule has 2 N–H and O–H groups in total. The molecule has 0 spiro atoms. The van der Waals surface area contributed by atoms with Crippen LogP contribution < -0.4 is 10.7 Å². The summed E-state index contributed by atoms with van der Waals surface area (Å²) in [5.41, 5.74) is 1.92. The van der Waals surface area contributed by atoms with Crippen molar-refractivity contribution in [2.45, 2.75) is 65.2 Å². The molecule has 0 radical (unpaired) electrons. The monoisotopic (exact) mass is 373 g/mol. The molecule has 150 valence electrons. The Hall–Kier alpha value is -2.03. The minimum Gasteiger partial charge on any atom is -0.459 e. The van der Waals surface area contributed by atoms with Crippen molar-refractivity contribution in [1.29, 1.82) is 0 Å². The average Bonchev–Trinajstić information content (AvgIpc) is 2.50. The van der Waals surface area contributed by atoms with Gasteiger partial charge in [-0.3, -0.25) is 5.43 Å². The zero-order valence-corrected chi connectivity index (χ0v) is 16.5. The quantitative estimate of drug-likeness (QED) is 0.559. The van der Waals surface area contributed by atoms with E-state index in [-0.39, 0.29) is 12.0 Å². The largest absolute Gasteiger partial charge is 0.459 e. The van der Waals surface area contributed by atoms with Crippen LogP contribution in [0.4, 0.5) is 9.59 Å². The Labute approximate surface area is 154 Å². The number of nitrogens with one attached hydrogen (secondary N) is 2. The first kappa shape index (κ1) is 22.0. The Morgan fingerprint density at radius 1 is 1.15 bits per heavy atom. The van der Waals surface area contributed by atoms with E-state index >= 15 is 0 Å². The molecule has 9 heteroatoms. The second kappa shape index (κ2) is 9.61. The van der Waals surface area contributed by atoms with Gasteiger partial charge in [-0.2, -0.15) is 0 Å². The first-order valence-corrected chi connectivity index (χ1v) is 8.81. The van der Waals surface area contributed by atoms with E-state index in [1.54, 1.807) is 25.8 Å². The molecule has 1 rings (SSSR count). The van der Waals surface area contributed by atoms with Crippen LogP contribution in [0.2, 0.25) is 0 Å². The third kappa shape index (κ3) is 7.90. The predicted octanol–water partition coefficient (Wildman–Crippen LogP) is 1.81. The lowest BCUT2D eigenvalue weighted by atomic mass is 10.0. The van der Waals surface area contributed by atoms with Crippen molar-refractivity contribution < 1.29 is 28.6 Å². The molecule has 0 aromatic carbocycles. The first-order chi connectivity index (χ1) is 12.0. The van der Waals surface area contributed by atoms with E-state index in [2.05, 4.69) is 15.5 Å². The molecule has 2 amide bonds. The summed E-state index contributed by atoms with van der Waals surface area (Å²) in [5, 5.41) is 4.23. The van der Waals surface area contributed by atoms with E-state index in [0.717, 1.165) is 6.42 Å². The van der Waals surface area contributed by atoms with E-state index in [1.807, 2.05) is 13.8 Å². The number of amides is 2. The molecule has 1 heterocycles. The lowest BCUT2D eigenvalue weighted by Gasteiger charge is -2.33. The minimum absolute atomic E-state index is 0.164. The summed E-state index contributed by atoms with van der Waals surface area (Å²) in [7, 11) is 1.28. The van der Waals surface area contributed by atoms with Gasteiger partial charge in [0.25, 0.3) is 0 Å². The maximum Gasteiger partial charge on any atom is 0.421 e. The number of carbonyl (C=O) groups is 3. The number of rotatable bonds is 5. The fraction of sp³-hybridized carbons (Fsp3) is 0.824. The Morgan fingerprint density at radius 2 is 1.81 bits per heavy atom. The topological polar surface area (TPSA) is 106 Å². The molecule has 0 saturated carbocycles. The summed E-state index contributed by atoms with van der Waals surface area (Å²) in [6, 6.07) is -0.811. The third-order valence-electron chi connectivity index (χ3n) is 3.69. The van der Waals surface area contributed by atoms with Gasteiger partial charge in [0.15, 0.2) is 0 Å². The summed E-state index contributed by atoms with van der Waals surface area (Å²) in [6.07, 6.45) is -0.166. The summed E-state index contributed by atoms with van der Waals surface area (Å²) >= 11 is 0. The van der Waals surface area contributed by atoms with Crippen molar-refractivity contribution in [3.05, 3.63) is 0 Å². The fourth-order valence-electron chi connectivity index (χ4n) is 2.48. The summed E-state index contributed by atoms with van der Waals surface area (Å²) in [5.74, 6) is -0.682. The molecule has 2 unspecified atom stereocenters. The molecule has 0 aromatic heterocycles. The Kier molecular flexibility index (Phi) is 8.13. The van der Waals surface area contributed by atoms with Crippen LogP contribution in [0.1, 0.15) is 47.5 Å². The summed E-state index contributed by atoms with van der Waals surface area (Å²) in [4.78, 5) is 35.8. The highest BCUT2D eigenvalue weighted by atomic mass is 16.6. The maximum atomic E-state index is 12.5. The van der Waals surface area contributed by atoms with Crippen LogP contribution in [-0.4, -0.2) is 61.1 Å². The fourth-order valence-corrected chi connectivity index (χ4v) is 2.48. The molecule has 1 aliphatic rings. The Morgan fingerprint density at radius 3 is 2.35 bits per heavy atom. The van der Waals surface area contributed by atoms with E-state index in [0.29, 0.717) is 19.5 Å². The van der Waals surface area contributed by atoms with E-state index < -0.39 is 29.8 Å². The van der Waals surface area contributed by atoms with Gasteiger partial charge in [-0.15, -0.1) is 0 Å². The van der Waals surface area contributed by atoms with Crippen molar-refractivity contribution >= 4 is 18.2 Å². The molecule has 0 aromatic rings. The highest BCUT2D eigenvalue weighted by Gasteiger charge is 2.31. The molecule has 9 nitrogen and oxygen atoms in total. The Bertz CT molecular complexity index is 503. The number of esters is 1. The number of hydrogen-bond donors (Lipinski definition) is 2. The number of methoxy groups -OCH3 is 1. The third-order valence-corrected chi connectivity index (χ3v) is 3.69. The van der Waals surface area contributed by atoms with Crippen molar-refractivity contribution in [2.24, 2.45) is 5.92 Å². The SMILES string of the molecule is COC(=O)NN1CCCC(OC(=O)C(NC(=O)OC(C)(C)C)C(C)C)C1. The van der Waals surface area contributed by atoms with Crippen LogP contribution in [0.25, 0.3) is 0 Å². The molecule has 1 fully saturated rings. The number of alkyl carbamates (subject to hydrolysis) is 1. The molecular weight excluding hydrogens is 342 g/mol. The number of ether oxygens (including phenoxy) is 3. The van der Waals surface area contributed by atoms with E-state index in [9.17, 15) is 14.4 Å². The van der Waals surface area contributed by atoms with Gasteiger partial charge >= 0.3 is 18.2 Å². The van der Waals surface area contributed by atoms with Gasteiger partial charge in [0.05, 0.1) is 13.7 Å². The van der Waals surface area contributed by atoms with Gasteiger partial charge in [-0.25, -0.2) is 19.4 Å². The molecule has 0 aliphatic carbocycles. The number of carbonyl (C=O) groups excluding carboxylic acids is 3. The molecule has 26 heavy (non-hydrogen) atoms. The van der Waals surface area contributed by atoms with Crippen LogP contribution in [0.5, 0.6) is 0 Å². The smallest absolute Gasteiger partial charge is 0.421 e. The highest BCUT2D eigenvalue weighted by molar-refractivity contribution is 5.81. The lowest BCUT2D eigenvalue weighted by Crippen LogP contribution is -2.52. The molecular formula is C17H31N3O6. The standard InChI is InChI=1S/C17H31N3O6/c1-11(2)13(18-15(22)26-17(3,4)5)14(21)25-12-8-7-9-20(10-12)19-16(23)24-6/h11-13H,7-10H2,1-6H3,(H,18,22)(H,19,23). The zero-order valence-electron chi connectivity index (χ0n) is 16.5. The number of hydrogen-bond acceptors (Lipinski definition) is 7. The molecule has 1 saturated heterocycles. The molecule has 2 atom stereocenters. The Balaban J connectivity index is 2.60. The number of nitrogens with zero attached hydrogens (tertiary/aromatic N) is 1.